The minimum Gasteiger partial charge on any atom is -0.379 e. The molecule has 6 nitrogen and oxygen atoms in total. The second-order valence-electron chi connectivity index (χ2n) is 6.90. The van der Waals surface area contributed by atoms with Gasteiger partial charge in [0.25, 0.3) is 0 Å². The molecule has 2 heterocycles. The molecule has 0 aromatic heterocycles. The number of rotatable bonds is 7. The van der Waals surface area contributed by atoms with E-state index >= 15 is 0 Å². The van der Waals surface area contributed by atoms with E-state index in [0.29, 0.717) is 11.9 Å². The number of guanidine groups is 1. The van der Waals surface area contributed by atoms with Gasteiger partial charge in [0.15, 0.2) is 5.96 Å². The van der Waals surface area contributed by atoms with E-state index in [0.717, 1.165) is 65.4 Å². The second kappa shape index (κ2) is 11.6. The van der Waals surface area contributed by atoms with Crippen LogP contribution in [0.4, 0.5) is 5.69 Å². The molecule has 0 bridgehead atoms. The van der Waals surface area contributed by atoms with Crippen LogP contribution >= 0.6 is 24.0 Å². The number of nitrogens with zero attached hydrogens (tertiary/aromatic N) is 3. The summed E-state index contributed by atoms with van der Waals surface area (Å²) in [6.07, 6.45) is 2.27. The Morgan fingerprint density at radius 2 is 1.96 bits per heavy atom. The van der Waals surface area contributed by atoms with Crippen molar-refractivity contribution >= 4 is 35.6 Å². The summed E-state index contributed by atoms with van der Waals surface area (Å²) in [6.45, 7) is 8.77. The number of halogens is 1. The molecule has 2 fully saturated rings. The lowest BCUT2D eigenvalue weighted by molar-refractivity contribution is 0.0376. The van der Waals surface area contributed by atoms with Crippen LogP contribution in [0.25, 0.3) is 0 Å². The van der Waals surface area contributed by atoms with Crippen molar-refractivity contribution in [3.8, 4) is 0 Å². The molecule has 0 radical (unpaired) electrons. The number of para-hydroxylation sites is 1. The predicted octanol–water partition coefficient (Wildman–Crippen LogP) is 1.76. The van der Waals surface area contributed by atoms with Gasteiger partial charge in [-0.05, 0) is 37.4 Å². The van der Waals surface area contributed by atoms with Gasteiger partial charge < -0.3 is 20.7 Å². The van der Waals surface area contributed by atoms with E-state index in [2.05, 4.69) is 50.4 Å². The van der Waals surface area contributed by atoms with Gasteiger partial charge in [0.1, 0.15) is 0 Å². The van der Waals surface area contributed by atoms with Crippen molar-refractivity contribution in [1.82, 2.24) is 10.2 Å². The predicted molar refractivity (Wildman–Crippen MR) is 119 cm³/mol. The van der Waals surface area contributed by atoms with Gasteiger partial charge in [0.05, 0.1) is 13.2 Å². The molecule has 0 spiro atoms. The Hall–Kier alpha value is -1.06. The first-order valence-electron chi connectivity index (χ1n) is 9.45. The third kappa shape index (κ3) is 6.92. The van der Waals surface area contributed by atoms with E-state index < -0.39 is 0 Å². The number of nitrogens with two attached hydrogens (primary N) is 1. The summed E-state index contributed by atoms with van der Waals surface area (Å²) < 4.78 is 5.36. The first-order valence-corrected chi connectivity index (χ1v) is 9.45. The molecule has 0 saturated carbocycles. The van der Waals surface area contributed by atoms with E-state index in [-0.39, 0.29) is 24.0 Å². The fourth-order valence-corrected chi connectivity index (χ4v) is 3.48. The van der Waals surface area contributed by atoms with Gasteiger partial charge in [0.2, 0.25) is 0 Å². The first-order chi connectivity index (χ1) is 12.3. The molecule has 1 unspecified atom stereocenters. The summed E-state index contributed by atoms with van der Waals surface area (Å²) in [5.74, 6) is 1.18. The number of morpholine rings is 1. The average Bonchev–Trinajstić information content (AvgIpc) is 3.14. The molecule has 3 N–H and O–H groups in total. The summed E-state index contributed by atoms with van der Waals surface area (Å²) in [5, 5.41) is 3.25. The van der Waals surface area contributed by atoms with Crippen molar-refractivity contribution < 1.29 is 4.74 Å². The smallest absolute Gasteiger partial charge is 0.188 e. The third-order valence-electron chi connectivity index (χ3n) is 4.99. The number of hydrogen-bond acceptors (Lipinski definition) is 4. The van der Waals surface area contributed by atoms with Crippen LogP contribution in [0, 0.1) is 5.92 Å². The standard InChI is InChI=1S/C19H31N5O.HI/c20-19(21-8-4-9-23-11-13-25-14-12-23)22-15-17-7-10-24(16-17)18-5-2-1-3-6-18;/h1-3,5-6,17H,4,7-16H2,(H3,20,21,22);1H. The van der Waals surface area contributed by atoms with Crippen LogP contribution in [0.5, 0.6) is 0 Å². The molecule has 2 aliphatic heterocycles. The van der Waals surface area contributed by atoms with Crippen molar-refractivity contribution in [1.29, 1.82) is 0 Å². The Bertz CT molecular complexity index is 536. The highest BCUT2D eigenvalue weighted by Gasteiger charge is 2.22. The van der Waals surface area contributed by atoms with Crippen molar-refractivity contribution in [3.05, 3.63) is 30.3 Å². The lowest BCUT2D eigenvalue weighted by Gasteiger charge is -2.26. The molecule has 0 aliphatic carbocycles. The normalized spacial score (nSPS) is 21.5. The highest BCUT2D eigenvalue weighted by Crippen LogP contribution is 2.23. The molecular weight excluding hydrogens is 441 g/mol. The van der Waals surface area contributed by atoms with Crippen LogP contribution in [0.2, 0.25) is 0 Å². The van der Waals surface area contributed by atoms with E-state index in [1.807, 2.05) is 0 Å². The van der Waals surface area contributed by atoms with Crippen LogP contribution < -0.4 is 16.0 Å². The van der Waals surface area contributed by atoms with Gasteiger partial charge in [-0.2, -0.15) is 0 Å². The molecule has 146 valence electrons. The maximum atomic E-state index is 6.01. The van der Waals surface area contributed by atoms with Crippen molar-refractivity contribution in [2.45, 2.75) is 12.8 Å². The topological polar surface area (TPSA) is 66.1 Å². The zero-order valence-corrected chi connectivity index (χ0v) is 17.8. The zero-order chi connectivity index (χ0) is 17.3. The van der Waals surface area contributed by atoms with Gasteiger partial charge >= 0.3 is 0 Å². The maximum absolute atomic E-state index is 6.01. The van der Waals surface area contributed by atoms with Gasteiger partial charge in [0, 0.05) is 45.0 Å². The Labute approximate surface area is 174 Å². The molecule has 1 aromatic rings. The molecule has 0 amide bonds. The van der Waals surface area contributed by atoms with Crippen molar-refractivity contribution in [2.24, 2.45) is 16.6 Å². The summed E-state index contributed by atoms with van der Waals surface area (Å²) in [4.78, 5) is 9.42. The lowest BCUT2D eigenvalue weighted by Crippen LogP contribution is -2.39. The summed E-state index contributed by atoms with van der Waals surface area (Å²) in [7, 11) is 0. The van der Waals surface area contributed by atoms with E-state index in [1.54, 1.807) is 0 Å². The van der Waals surface area contributed by atoms with Crippen molar-refractivity contribution in [2.75, 3.05) is 63.9 Å². The minimum absolute atomic E-state index is 0. The maximum Gasteiger partial charge on any atom is 0.188 e. The van der Waals surface area contributed by atoms with Crippen molar-refractivity contribution in [3.63, 3.8) is 0 Å². The molecule has 26 heavy (non-hydrogen) atoms. The summed E-state index contributed by atoms with van der Waals surface area (Å²) in [5.41, 5.74) is 7.32. The molecule has 2 aliphatic rings. The Morgan fingerprint density at radius 1 is 1.19 bits per heavy atom. The third-order valence-corrected chi connectivity index (χ3v) is 4.99. The fraction of sp³-hybridized carbons (Fsp3) is 0.632. The van der Waals surface area contributed by atoms with Gasteiger partial charge in [-0.3, -0.25) is 9.89 Å². The largest absolute Gasteiger partial charge is 0.379 e. The number of benzene rings is 1. The van der Waals surface area contributed by atoms with Crippen LogP contribution in [0.15, 0.2) is 35.3 Å². The quantitative estimate of drug-likeness (QED) is 0.274. The SMILES string of the molecule is I.NC(=NCC1CCN(c2ccccc2)C1)NCCCN1CCOCC1. The number of aliphatic imine (C=N–C) groups is 1. The minimum atomic E-state index is 0. The lowest BCUT2D eigenvalue weighted by atomic mass is 10.1. The highest BCUT2D eigenvalue weighted by molar-refractivity contribution is 14.0. The van der Waals surface area contributed by atoms with Crippen LogP contribution in [-0.4, -0.2) is 69.9 Å². The molecule has 1 atom stereocenters. The molecule has 1 aromatic carbocycles. The van der Waals surface area contributed by atoms with E-state index in [4.69, 9.17) is 10.5 Å². The summed E-state index contributed by atoms with van der Waals surface area (Å²) in [6, 6.07) is 10.6. The Balaban J connectivity index is 0.00000243. The molecule has 2 saturated heterocycles. The van der Waals surface area contributed by atoms with Gasteiger partial charge in [-0.1, -0.05) is 18.2 Å². The molecular formula is C19H32IN5O. The first kappa shape index (κ1) is 21.2. The van der Waals surface area contributed by atoms with E-state index in [1.165, 1.54) is 12.1 Å². The van der Waals surface area contributed by atoms with Gasteiger partial charge in [-0.25, -0.2) is 0 Å². The Morgan fingerprint density at radius 3 is 2.73 bits per heavy atom. The van der Waals surface area contributed by atoms with Crippen LogP contribution in [0.1, 0.15) is 12.8 Å². The number of ether oxygens (including phenoxy) is 1. The molecule has 7 heteroatoms. The highest BCUT2D eigenvalue weighted by atomic mass is 127. The average molecular weight is 473 g/mol. The van der Waals surface area contributed by atoms with Crippen LogP contribution in [0.3, 0.4) is 0 Å². The number of nitrogens with one attached hydrogen (secondary N) is 1. The number of hydrogen-bond donors (Lipinski definition) is 2. The fourth-order valence-electron chi connectivity index (χ4n) is 3.48. The Kier molecular flexibility index (Phi) is 9.49. The zero-order valence-electron chi connectivity index (χ0n) is 15.5. The molecule has 3 rings (SSSR count). The van der Waals surface area contributed by atoms with Gasteiger partial charge in [-0.15, -0.1) is 24.0 Å². The summed E-state index contributed by atoms with van der Waals surface area (Å²) >= 11 is 0. The van der Waals surface area contributed by atoms with E-state index in [9.17, 15) is 0 Å². The second-order valence-corrected chi connectivity index (χ2v) is 6.90. The monoisotopic (exact) mass is 473 g/mol. The number of anilines is 1. The van der Waals surface area contributed by atoms with Crippen LogP contribution in [-0.2, 0) is 4.74 Å².